The van der Waals surface area contributed by atoms with Crippen LogP contribution in [-0.2, 0) is 0 Å². The number of nitrogens with zero attached hydrogens (tertiary/aromatic N) is 1. The van der Waals surface area contributed by atoms with Crippen LogP contribution in [0, 0.1) is 0 Å². The first-order valence-corrected chi connectivity index (χ1v) is 6.13. The third kappa shape index (κ3) is 1.48. The summed E-state index contributed by atoms with van der Waals surface area (Å²) in [5.41, 5.74) is 2.37. The molecule has 0 atom stereocenters. The standard InChI is InChI=1S/C17H15N/c1-3-15-13(2)18(14-9-5-4-6-10-14)17-12-8-7-11-16(15)17/h3-12H,2H2,1H3. The highest BCUT2D eigenvalue weighted by Crippen LogP contribution is 2.13. The van der Waals surface area contributed by atoms with Gasteiger partial charge in [0.2, 0.25) is 0 Å². The van der Waals surface area contributed by atoms with E-state index in [9.17, 15) is 0 Å². The van der Waals surface area contributed by atoms with Crippen molar-refractivity contribution in [3.05, 3.63) is 65.2 Å². The van der Waals surface area contributed by atoms with Gasteiger partial charge in [-0.3, -0.25) is 0 Å². The van der Waals surface area contributed by atoms with Crippen LogP contribution < -0.4 is 10.6 Å². The highest BCUT2D eigenvalue weighted by Gasteiger charge is 2.06. The van der Waals surface area contributed by atoms with Gasteiger partial charge in [-0.25, -0.2) is 0 Å². The molecule has 88 valence electrons. The first-order chi connectivity index (χ1) is 8.83. The summed E-state index contributed by atoms with van der Waals surface area (Å²) in [5, 5.41) is 3.52. The molecule has 0 N–H and O–H groups in total. The summed E-state index contributed by atoms with van der Waals surface area (Å²) in [7, 11) is 0. The van der Waals surface area contributed by atoms with Crippen LogP contribution in [0.1, 0.15) is 6.92 Å². The lowest BCUT2D eigenvalue weighted by Gasteiger charge is -2.05. The van der Waals surface area contributed by atoms with Crippen LogP contribution in [0.3, 0.4) is 0 Å². The van der Waals surface area contributed by atoms with Gasteiger partial charge in [0.1, 0.15) is 0 Å². The fourth-order valence-electron chi connectivity index (χ4n) is 2.51. The van der Waals surface area contributed by atoms with Gasteiger partial charge in [0.05, 0.1) is 5.52 Å². The zero-order chi connectivity index (χ0) is 12.5. The van der Waals surface area contributed by atoms with Crippen LogP contribution in [0.4, 0.5) is 0 Å². The van der Waals surface area contributed by atoms with Gasteiger partial charge in [0, 0.05) is 21.6 Å². The number of hydrogen-bond acceptors (Lipinski definition) is 0. The summed E-state index contributed by atoms with van der Waals surface area (Å²) in [4.78, 5) is 0. The van der Waals surface area contributed by atoms with Crippen molar-refractivity contribution >= 4 is 23.6 Å². The van der Waals surface area contributed by atoms with E-state index < -0.39 is 0 Å². The molecular weight excluding hydrogens is 218 g/mol. The molecule has 1 aromatic heterocycles. The Morgan fingerprint density at radius 1 is 0.944 bits per heavy atom. The lowest BCUT2D eigenvalue weighted by atomic mass is 10.2. The minimum absolute atomic E-state index is 1.05. The minimum atomic E-state index is 1.05. The molecule has 3 rings (SSSR count). The van der Waals surface area contributed by atoms with Gasteiger partial charge < -0.3 is 4.57 Å². The van der Waals surface area contributed by atoms with Crippen LogP contribution in [-0.4, -0.2) is 4.57 Å². The maximum atomic E-state index is 4.24. The first-order valence-electron chi connectivity index (χ1n) is 6.13. The molecule has 0 aliphatic rings. The van der Waals surface area contributed by atoms with Crippen molar-refractivity contribution in [1.82, 2.24) is 4.57 Å². The molecule has 18 heavy (non-hydrogen) atoms. The molecule has 2 aromatic carbocycles. The van der Waals surface area contributed by atoms with Crippen LogP contribution in [0.2, 0.25) is 0 Å². The molecule has 1 nitrogen and oxygen atoms in total. The average Bonchev–Trinajstić information content (AvgIpc) is 2.71. The second-order valence-electron chi connectivity index (χ2n) is 4.34. The maximum absolute atomic E-state index is 4.24. The Balaban J connectivity index is 2.52. The number of benzene rings is 2. The quantitative estimate of drug-likeness (QED) is 0.609. The van der Waals surface area contributed by atoms with Gasteiger partial charge in [-0.05, 0) is 25.1 Å². The topological polar surface area (TPSA) is 4.93 Å². The molecule has 0 saturated heterocycles. The Hall–Kier alpha value is -2.28. The monoisotopic (exact) mass is 233 g/mol. The summed E-state index contributed by atoms with van der Waals surface area (Å²) < 4.78 is 2.21. The highest BCUT2D eigenvalue weighted by molar-refractivity contribution is 5.83. The molecule has 1 heterocycles. The SMILES string of the molecule is C=c1c(=CC)c2ccccc2n1-c1ccccc1. The van der Waals surface area contributed by atoms with Crippen molar-refractivity contribution in [3.63, 3.8) is 0 Å². The summed E-state index contributed by atoms with van der Waals surface area (Å²) in [6, 6.07) is 18.8. The summed E-state index contributed by atoms with van der Waals surface area (Å²) in [6.07, 6.45) is 2.13. The number of hydrogen-bond donors (Lipinski definition) is 0. The van der Waals surface area contributed by atoms with E-state index in [-0.39, 0.29) is 0 Å². The van der Waals surface area contributed by atoms with Crippen molar-refractivity contribution in [2.75, 3.05) is 0 Å². The van der Waals surface area contributed by atoms with E-state index >= 15 is 0 Å². The minimum Gasteiger partial charge on any atom is -0.310 e. The zero-order valence-corrected chi connectivity index (χ0v) is 10.4. The predicted molar refractivity (Wildman–Crippen MR) is 78.2 cm³/mol. The Kier molecular flexibility index (Phi) is 2.52. The van der Waals surface area contributed by atoms with Crippen molar-refractivity contribution in [2.24, 2.45) is 0 Å². The molecule has 0 radical (unpaired) electrons. The van der Waals surface area contributed by atoms with Gasteiger partial charge in [-0.1, -0.05) is 49.1 Å². The van der Waals surface area contributed by atoms with E-state index in [0.717, 1.165) is 11.0 Å². The van der Waals surface area contributed by atoms with Crippen molar-refractivity contribution < 1.29 is 0 Å². The molecular formula is C17H15N. The van der Waals surface area contributed by atoms with Crippen LogP contribution in [0.25, 0.3) is 29.2 Å². The molecule has 0 spiro atoms. The Morgan fingerprint density at radius 3 is 2.33 bits per heavy atom. The van der Waals surface area contributed by atoms with E-state index in [4.69, 9.17) is 0 Å². The fraction of sp³-hybridized carbons (Fsp3) is 0.0588. The molecule has 3 aromatic rings. The molecule has 0 unspecified atom stereocenters. The second-order valence-corrected chi connectivity index (χ2v) is 4.34. The summed E-state index contributed by atoms with van der Waals surface area (Å²) in [5.74, 6) is 0. The summed E-state index contributed by atoms with van der Waals surface area (Å²) in [6.45, 7) is 6.30. The normalized spacial score (nSPS) is 12.2. The third-order valence-corrected chi connectivity index (χ3v) is 3.32. The number of para-hydroxylation sites is 2. The highest BCUT2D eigenvalue weighted by atomic mass is 15.0. The van der Waals surface area contributed by atoms with E-state index in [2.05, 4.69) is 72.7 Å². The van der Waals surface area contributed by atoms with Crippen molar-refractivity contribution in [2.45, 2.75) is 6.92 Å². The van der Waals surface area contributed by atoms with E-state index in [1.807, 2.05) is 6.07 Å². The fourth-order valence-corrected chi connectivity index (χ4v) is 2.51. The lowest BCUT2D eigenvalue weighted by Crippen LogP contribution is -2.26. The number of fused-ring (bicyclic) bond motifs is 1. The smallest absolute Gasteiger partial charge is 0.0540 e. The first kappa shape index (κ1) is 10.8. The zero-order valence-electron chi connectivity index (χ0n) is 10.4. The van der Waals surface area contributed by atoms with Gasteiger partial charge in [-0.2, -0.15) is 0 Å². The number of aromatic nitrogens is 1. The van der Waals surface area contributed by atoms with Crippen LogP contribution in [0.5, 0.6) is 0 Å². The second kappa shape index (κ2) is 4.19. The molecule has 0 aliphatic heterocycles. The van der Waals surface area contributed by atoms with Crippen LogP contribution >= 0.6 is 0 Å². The average molecular weight is 233 g/mol. The molecule has 0 aliphatic carbocycles. The third-order valence-electron chi connectivity index (χ3n) is 3.32. The van der Waals surface area contributed by atoms with Gasteiger partial charge in [0.15, 0.2) is 0 Å². The molecule has 0 bridgehead atoms. The molecule has 0 amide bonds. The van der Waals surface area contributed by atoms with Gasteiger partial charge in [0.25, 0.3) is 0 Å². The maximum Gasteiger partial charge on any atom is 0.0540 e. The number of rotatable bonds is 1. The van der Waals surface area contributed by atoms with Gasteiger partial charge in [-0.15, -0.1) is 0 Å². The summed E-state index contributed by atoms with van der Waals surface area (Å²) >= 11 is 0. The van der Waals surface area contributed by atoms with Crippen molar-refractivity contribution in [3.8, 4) is 5.69 Å². The lowest BCUT2D eigenvalue weighted by molar-refractivity contribution is 1.07. The largest absolute Gasteiger partial charge is 0.310 e. The van der Waals surface area contributed by atoms with Crippen LogP contribution in [0.15, 0.2) is 54.6 Å². The van der Waals surface area contributed by atoms with E-state index in [1.54, 1.807) is 0 Å². The molecule has 0 fully saturated rings. The predicted octanol–water partition coefficient (Wildman–Crippen LogP) is 2.84. The van der Waals surface area contributed by atoms with Gasteiger partial charge >= 0.3 is 0 Å². The Bertz CT molecular complexity index is 795. The Labute approximate surface area is 106 Å². The molecule has 1 heteroatoms. The van der Waals surface area contributed by atoms with Crippen molar-refractivity contribution in [1.29, 1.82) is 0 Å². The molecule has 0 saturated carbocycles. The Morgan fingerprint density at radius 2 is 1.61 bits per heavy atom. The van der Waals surface area contributed by atoms with E-state index in [1.165, 1.54) is 16.1 Å². The van der Waals surface area contributed by atoms with E-state index in [0.29, 0.717) is 0 Å².